The predicted molar refractivity (Wildman–Crippen MR) is 170 cm³/mol. The van der Waals surface area contributed by atoms with Gasteiger partial charge in [-0.2, -0.15) is 0 Å². The van der Waals surface area contributed by atoms with Crippen LogP contribution in [-0.2, 0) is 23.7 Å². The van der Waals surface area contributed by atoms with Crippen molar-refractivity contribution in [3.05, 3.63) is 41.2 Å². The molecular weight excluding hydrogens is 716 g/mol. The average Bonchev–Trinajstić information content (AvgIpc) is 3.12. The van der Waals surface area contributed by atoms with Crippen molar-refractivity contribution in [1.82, 2.24) is 0 Å². The molecule has 3 saturated heterocycles. The van der Waals surface area contributed by atoms with Gasteiger partial charge in [-0.15, -0.1) is 0 Å². The molecular formula is C33H42O20. The largest absolute Gasteiger partial charge is 0.508 e. The third-order valence-corrected chi connectivity index (χ3v) is 9.48. The highest BCUT2D eigenvalue weighted by Crippen LogP contribution is 2.48. The zero-order valence-corrected chi connectivity index (χ0v) is 28.0. The van der Waals surface area contributed by atoms with Gasteiger partial charge in [0.05, 0.1) is 24.4 Å². The van der Waals surface area contributed by atoms with E-state index in [4.69, 9.17) is 33.2 Å². The van der Waals surface area contributed by atoms with Gasteiger partial charge in [0.25, 0.3) is 0 Å². The molecule has 0 amide bonds. The van der Waals surface area contributed by atoms with Crippen LogP contribution >= 0.6 is 0 Å². The number of aromatic hydroxyl groups is 4. The lowest BCUT2D eigenvalue weighted by atomic mass is 9.98. The lowest BCUT2D eigenvalue weighted by Crippen LogP contribution is -2.61. The third-order valence-electron chi connectivity index (χ3n) is 9.48. The van der Waals surface area contributed by atoms with Crippen LogP contribution in [0.2, 0.25) is 0 Å². The quantitative estimate of drug-likeness (QED) is 0.118. The SMILES string of the molecule is CC1OC(OCC2OC(OC3=Cc4c(cc(O)cc4OC4OC(C)C(O)C(O)C4O)OC3c3cc(O)c(O)c(O)c3)C(O)C(O)C2O)C(O)C(O)C1O. The Kier molecular flexibility index (Phi) is 11.2. The Morgan fingerprint density at radius 3 is 1.72 bits per heavy atom. The van der Waals surface area contributed by atoms with Gasteiger partial charge in [-0.3, -0.25) is 0 Å². The van der Waals surface area contributed by atoms with Crippen molar-refractivity contribution in [2.45, 2.75) is 112 Å². The molecule has 0 radical (unpaired) electrons. The molecule has 0 spiro atoms. The van der Waals surface area contributed by atoms with Gasteiger partial charge in [0.15, 0.2) is 29.6 Å². The van der Waals surface area contributed by atoms with E-state index >= 15 is 0 Å². The van der Waals surface area contributed by atoms with Crippen molar-refractivity contribution in [2.24, 2.45) is 0 Å². The molecule has 2 aromatic rings. The molecule has 20 heteroatoms. The minimum atomic E-state index is -1.95. The van der Waals surface area contributed by atoms with Crippen LogP contribution < -0.4 is 9.47 Å². The highest BCUT2D eigenvalue weighted by atomic mass is 16.7. The molecule has 2 aromatic carbocycles. The fourth-order valence-corrected chi connectivity index (χ4v) is 6.29. The van der Waals surface area contributed by atoms with Gasteiger partial charge >= 0.3 is 0 Å². The fraction of sp³-hybridized carbons (Fsp3) is 0.576. The van der Waals surface area contributed by atoms with E-state index in [1.54, 1.807) is 0 Å². The van der Waals surface area contributed by atoms with Crippen LogP contribution in [0.25, 0.3) is 6.08 Å². The fourth-order valence-electron chi connectivity index (χ4n) is 6.29. The molecule has 4 aliphatic heterocycles. The molecule has 53 heavy (non-hydrogen) atoms. The minimum Gasteiger partial charge on any atom is -0.508 e. The Labute approximate surface area is 300 Å². The van der Waals surface area contributed by atoms with Crippen molar-refractivity contribution in [1.29, 1.82) is 0 Å². The Morgan fingerprint density at radius 1 is 0.585 bits per heavy atom. The summed E-state index contributed by atoms with van der Waals surface area (Å²) in [5, 5.41) is 135. The third kappa shape index (κ3) is 7.51. The van der Waals surface area contributed by atoms with Gasteiger partial charge in [-0.05, 0) is 32.1 Å². The summed E-state index contributed by atoms with van der Waals surface area (Å²) in [6, 6.07) is 4.28. The molecule has 0 aromatic heterocycles. The van der Waals surface area contributed by atoms with Crippen molar-refractivity contribution in [3.8, 4) is 34.5 Å². The van der Waals surface area contributed by atoms with Gasteiger partial charge in [0.1, 0.15) is 84.0 Å². The van der Waals surface area contributed by atoms with E-state index < -0.39 is 128 Å². The van der Waals surface area contributed by atoms with E-state index in [9.17, 15) is 66.4 Å². The molecule has 0 aliphatic carbocycles. The molecule has 13 N–H and O–H groups in total. The Bertz CT molecular complexity index is 1630. The van der Waals surface area contributed by atoms with Crippen LogP contribution in [-0.4, -0.2) is 165 Å². The molecule has 3 fully saturated rings. The summed E-state index contributed by atoms with van der Waals surface area (Å²) in [6.45, 7) is 2.24. The van der Waals surface area contributed by atoms with E-state index in [0.29, 0.717) is 0 Å². The van der Waals surface area contributed by atoms with Crippen LogP contribution in [0.4, 0.5) is 0 Å². The zero-order chi connectivity index (χ0) is 38.6. The minimum absolute atomic E-state index is 0.00871. The molecule has 4 heterocycles. The van der Waals surface area contributed by atoms with Crippen LogP contribution in [0.5, 0.6) is 34.5 Å². The van der Waals surface area contributed by atoms with E-state index in [-0.39, 0.29) is 28.4 Å². The number of aliphatic hydroxyl groups excluding tert-OH is 9. The maximum Gasteiger partial charge on any atom is 0.229 e. The van der Waals surface area contributed by atoms with Gasteiger partial charge < -0.3 is 99.5 Å². The molecule has 0 saturated carbocycles. The van der Waals surface area contributed by atoms with E-state index in [2.05, 4.69) is 0 Å². The van der Waals surface area contributed by atoms with E-state index in [1.807, 2.05) is 0 Å². The van der Waals surface area contributed by atoms with Gasteiger partial charge in [-0.25, -0.2) is 0 Å². The maximum atomic E-state index is 10.9. The van der Waals surface area contributed by atoms with E-state index in [0.717, 1.165) is 24.3 Å². The first-order valence-electron chi connectivity index (χ1n) is 16.5. The molecule has 6 rings (SSSR count). The summed E-state index contributed by atoms with van der Waals surface area (Å²) in [4.78, 5) is 0. The molecule has 4 aliphatic rings. The van der Waals surface area contributed by atoms with Crippen LogP contribution in [0, 0.1) is 0 Å². The van der Waals surface area contributed by atoms with Crippen molar-refractivity contribution in [3.63, 3.8) is 0 Å². The van der Waals surface area contributed by atoms with Crippen molar-refractivity contribution in [2.75, 3.05) is 6.61 Å². The molecule has 16 atom stereocenters. The van der Waals surface area contributed by atoms with Gasteiger partial charge in [0.2, 0.25) is 12.6 Å². The number of hydrogen-bond acceptors (Lipinski definition) is 20. The molecule has 16 unspecified atom stereocenters. The van der Waals surface area contributed by atoms with Crippen LogP contribution in [0.15, 0.2) is 30.0 Å². The average molecular weight is 759 g/mol. The summed E-state index contributed by atoms with van der Waals surface area (Å²) >= 11 is 0. The predicted octanol–water partition coefficient (Wildman–Crippen LogP) is -3.14. The number of ether oxygens (including phenoxy) is 7. The number of rotatable bonds is 8. The first-order chi connectivity index (χ1) is 25.0. The number of aliphatic hydroxyl groups is 9. The van der Waals surface area contributed by atoms with Crippen molar-refractivity contribution >= 4 is 6.08 Å². The highest BCUT2D eigenvalue weighted by molar-refractivity contribution is 5.70. The molecule has 294 valence electrons. The monoisotopic (exact) mass is 758 g/mol. The molecule has 20 nitrogen and oxygen atoms in total. The number of hydrogen-bond donors (Lipinski definition) is 13. The number of phenolic OH excluding ortho intramolecular Hbond substituents is 4. The molecule has 0 bridgehead atoms. The second-order valence-electron chi connectivity index (χ2n) is 13.3. The lowest BCUT2D eigenvalue weighted by molar-refractivity contribution is -0.324. The first kappa shape index (κ1) is 39.0. The lowest BCUT2D eigenvalue weighted by Gasteiger charge is -2.43. The summed E-state index contributed by atoms with van der Waals surface area (Å²) < 4.78 is 40.2. The van der Waals surface area contributed by atoms with Gasteiger partial charge in [0, 0.05) is 17.7 Å². The second kappa shape index (κ2) is 15.2. The summed E-state index contributed by atoms with van der Waals surface area (Å²) in [5.41, 5.74) is -0.0454. The smallest absolute Gasteiger partial charge is 0.229 e. The second-order valence-corrected chi connectivity index (χ2v) is 13.3. The maximum absolute atomic E-state index is 10.9. The number of phenols is 4. The summed E-state index contributed by atoms with van der Waals surface area (Å²) in [6.07, 6.45) is -23.8. The van der Waals surface area contributed by atoms with Crippen molar-refractivity contribution < 1.29 is 99.5 Å². The van der Waals surface area contributed by atoms with Crippen LogP contribution in [0.1, 0.15) is 31.1 Å². The van der Waals surface area contributed by atoms with Gasteiger partial charge in [-0.1, -0.05) is 0 Å². The van der Waals surface area contributed by atoms with E-state index in [1.165, 1.54) is 19.9 Å². The zero-order valence-electron chi connectivity index (χ0n) is 28.0. The number of fused-ring (bicyclic) bond motifs is 1. The Balaban J connectivity index is 1.32. The summed E-state index contributed by atoms with van der Waals surface area (Å²) in [5.74, 6) is -3.41. The Hall–Kier alpha value is -3.74. The normalized spacial score (nSPS) is 40.1. The number of benzene rings is 2. The Morgan fingerprint density at radius 2 is 1.11 bits per heavy atom. The summed E-state index contributed by atoms with van der Waals surface area (Å²) in [7, 11) is 0. The highest BCUT2D eigenvalue weighted by Gasteiger charge is 2.49. The first-order valence-corrected chi connectivity index (χ1v) is 16.5. The topological polar surface area (TPSA) is 328 Å². The van der Waals surface area contributed by atoms with Crippen LogP contribution in [0.3, 0.4) is 0 Å². The standard InChI is InChI=1S/C33H42O20/c1-9-20(37)24(41)27(44)31(48-9)47-8-19-23(40)26(43)29(46)33(53-19)52-18-7-13-16(50-30(18)11-3-14(35)22(39)15(36)4-11)5-12(34)6-17(13)51-32-28(45)25(42)21(38)10(2)49-32/h3-7,9-10,19-21,23-46H,8H2,1-2H3.